The number of carbonyl (C=O) groups excluding carboxylic acids is 1. The molecule has 1 atom stereocenters. The highest BCUT2D eigenvalue weighted by Gasteiger charge is 2.24. The van der Waals surface area contributed by atoms with Crippen LogP contribution in [0, 0.1) is 17.5 Å². The van der Waals surface area contributed by atoms with E-state index in [1.165, 1.54) is 6.42 Å². The third kappa shape index (κ3) is 5.39. The summed E-state index contributed by atoms with van der Waals surface area (Å²) in [5, 5.41) is 10.8. The molecule has 1 aliphatic rings. The summed E-state index contributed by atoms with van der Waals surface area (Å²) in [4.78, 5) is 15.0. The highest BCUT2D eigenvalue weighted by molar-refractivity contribution is 8.00. The molecule has 3 aromatic rings. The van der Waals surface area contributed by atoms with Crippen molar-refractivity contribution in [3.8, 4) is 5.69 Å². The number of nitrogens with one attached hydrogen (secondary N) is 1. The van der Waals surface area contributed by atoms with Crippen LogP contribution in [0.25, 0.3) is 5.69 Å². The molecular formula is C23H24F3N5OS. The number of anilines is 1. The first-order valence-corrected chi connectivity index (χ1v) is 11.6. The van der Waals surface area contributed by atoms with Crippen LogP contribution in [0.15, 0.2) is 47.6 Å². The second-order valence-electron chi connectivity index (χ2n) is 7.88. The topological polar surface area (TPSA) is 63.1 Å². The number of nitrogens with zero attached hydrogens (tertiary/aromatic N) is 4. The van der Waals surface area contributed by atoms with Crippen molar-refractivity contribution in [3.05, 3.63) is 65.7 Å². The molecule has 0 aliphatic carbocycles. The minimum atomic E-state index is -1.63. The van der Waals surface area contributed by atoms with Crippen LogP contribution in [-0.4, -0.2) is 43.9 Å². The van der Waals surface area contributed by atoms with E-state index in [1.807, 2.05) is 34.9 Å². The number of likely N-dealkylation sites (tertiary alicyclic amines) is 1. The summed E-state index contributed by atoms with van der Waals surface area (Å²) < 4.78 is 42.5. The van der Waals surface area contributed by atoms with E-state index in [4.69, 9.17) is 0 Å². The fourth-order valence-electron chi connectivity index (χ4n) is 3.70. The largest absolute Gasteiger partial charge is 0.323 e. The van der Waals surface area contributed by atoms with Crippen molar-refractivity contribution in [1.29, 1.82) is 0 Å². The second-order valence-corrected chi connectivity index (χ2v) is 9.19. The van der Waals surface area contributed by atoms with Gasteiger partial charge >= 0.3 is 0 Å². The summed E-state index contributed by atoms with van der Waals surface area (Å²) in [6.07, 6.45) is 3.53. The van der Waals surface area contributed by atoms with Crippen LogP contribution < -0.4 is 5.32 Å². The molecule has 2 heterocycles. The Morgan fingerprint density at radius 3 is 2.48 bits per heavy atom. The van der Waals surface area contributed by atoms with Gasteiger partial charge in [-0.15, -0.1) is 10.2 Å². The average Bonchev–Trinajstić information content (AvgIpc) is 3.22. The lowest BCUT2D eigenvalue weighted by Gasteiger charge is -2.26. The zero-order valence-electron chi connectivity index (χ0n) is 18.1. The highest BCUT2D eigenvalue weighted by Crippen LogP contribution is 2.28. The molecule has 0 spiro atoms. The molecular weight excluding hydrogens is 451 g/mol. The van der Waals surface area contributed by atoms with Crippen molar-refractivity contribution in [2.75, 3.05) is 18.4 Å². The maximum absolute atomic E-state index is 14.0. The first kappa shape index (κ1) is 23.3. The van der Waals surface area contributed by atoms with Gasteiger partial charge in [0, 0.05) is 5.69 Å². The third-order valence-corrected chi connectivity index (χ3v) is 6.52. The van der Waals surface area contributed by atoms with E-state index in [1.54, 1.807) is 6.92 Å². The number of rotatable bonds is 7. The lowest BCUT2D eigenvalue weighted by Crippen LogP contribution is -2.30. The molecule has 1 fully saturated rings. The minimum absolute atomic E-state index is 0.415. The van der Waals surface area contributed by atoms with Crippen LogP contribution in [0.4, 0.5) is 18.9 Å². The van der Waals surface area contributed by atoms with Gasteiger partial charge < -0.3 is 5.32 Å². The molecule has 0 radical (unpaired) electrons. The summed E-state index contributed by atoms with van der Waals surface area (Å²) in [6, 6.07) is 11.4. The number of benzene rings is 2. The number of carbonyl (C=O) groups is 1. The summed E-state index contributed by atoms with van der Waals surface area (Å²) in [5.41, 5.74) is 0.456. The first-order valence-electron chi connectivity index (χ1n) is 10.8. The van der Waals surface area contributed by atoms with Gasteiger partial charge in [-0.05, 0) is 57.1 Å². The fourth-order valence-corrected chi connectivity index (χ4v) is 4.59. The number of piperidine rings is 1. The van der Waals surface area contributed by atoms with Crippen LogP contribution in [0.2, 0.25) is 0 Å². The second kappa shape index (κ2) is 10.4. The van der Waals surface area contributed by atoms with Gasteiger partial charge in [0.1, 0.15) is 0 Å². The summed E-state index contributed by atoms with van der Waals surface area (Å²) >= 11 is 1.16. The molecule has 1 N–H and O–H groups in total. The Hall–Kier alpha value is -2.85. The highest BCUT2D eigenvalue weighted by atomic mass is 32.2. The van der Waals surface area contributed by atoms with E-state index >= 15 is 0 Å². The Balaban J connectivity index is 1.54. The van der Waals surface area contributed by atoms with E-state index < -0.39 is 34.3 Å². The maximum Gasteiger partial charge on any atom is 0.237 e. The van der Waals surface area contributed by atoms with Gasteiger partial charge in [0.2, 0.25) is 5.91 Å². The van der Waals surface area contributed by atoms with Gasteiger partial charge in [0.15, 0.2) is 28.4 Å². The number of hydrogen-bond acceptors (Lipinski definition) is 5. The number of para-hydroxylation sites is 1. The lowest BCUT2D eigenvalue weighted by molar-refractivity contribution is -0.115. The zero-order valence-corrected chi connectivity index (χ0v) is 18.9. The van der Waals surface area contributed by atoms with Crippen LogP contribution in [-0.2, 0) is 11.3 Å². The molecule has 174 valence electrons. The molecule has 1 aliphatic heterocycles. The van der Waals surface area contributed by atoms with Gasteiger partial charge in [-0.25, -0.2) is 13.2 Å². The zero-order chi connectivity index (χ0) is 23.4. The van der Waals surface area contributed by atoms with Gasteiger partial charge in [-0.1, -0.05) is 36.4 Å². The van der Waals surface area contributed by atoms with Crippen molar-refractivity contribution >= 4 is 23.4 Å². The van der Waals surface area contributed by atoms with E-state index in [0.717, 1.165) is 61.3 Å². The SMILES string of the molecule is C[C@H](Sc1nnc(CN2CCCCC2)n1-c1ccccc1)C(=O)Nc1ccc(F)c(F)c1F. The summed E-state index contributed by atoms with van der Waals surface area (Å²) in [5.74, 6) is -4.17. The fraction of sp³-hybridized carbons (Fsp3) is 0.348. The van der Waals surface area contributed by atoms with E-state index in [2.05, 4.69) is 20.4 Å². The molecule has 2 aromatic carbocycles. The van der Waals surface area contributed by atoms with E-state index in [-0.39, 0.29) is 0 Å². The molecule has 0 saturated carbocycles. The smallest absolute Gasteiger partial charge is 0.237 e. The predicted octanol–water partition coefficient (Wildman–Crippen LogP) is 4.79. The van der Waals surface area contributed by atoms with Crippen molar-refractivity contribution in [3.63, 3.8) is 0 Å². The van der Waals surface area contributed by atoms with Crippen LogP contribution in [0.1, 0.15) is 32.0 Å². The number of aromatic nitrogens is 3. The lowest BCUT2D eigenvalue weighted by atomic mass is 10.1. The number of hydrogen-bond donors (Lipinski definition) is 1. The molecule has 10 heteroatoms. The van der Waals surface area contributed by atoms with Gasteiger partial charge in [-0.2, -0.15) is 0 Å². The van der Waals surface area contributed by atoms with Gasteiger partial charge in [-0.3, -0.25) is 14.3 Å². The van der Waals surface area contributed by atoms with Crippen molar-refractivity contribution < 1.29 is 18.0 Å². The number of amides is 1. The van der Waals surface area contributed by atoms with Crippen molar-refractivity contribution in [1.82, 2.24) is 19.7 Å². The normalized spacial score (nSPS) is 15.4. The van der Waals surface area contributed by atoms with Crippen molar-refractivity contribution in [2.24, 2.45) is 0 Å². The Morgan fingerprint density at radius 1 is 1.03 bits per heavy atom. The Bertz CT molecular complexity index is 1120. The number of thioether (sulfide) groups is 1. The molecule has 0 unspecified atom stereocenters. The Morgan fingerprint density at radius 2 is 1.76 bits per heavy atom. The molecule has 1 amide bonds. The van der Waals surface area contributed by atoms with Crippen LogP contribution >= 0.6 is 11.8 Å². The monoisotopic (exact) mass is 475 g/mol. The Kier molecular flexibility index (Phi) is 7.34. The summed E-state index contributed by atoms with van der Waals surface area (Å²) in [7, 11) is 0. The van der Waals surface area contributed by atoms with Gasteiger partial charge in [0.25, 0.3) is 0 Å². The molecule has 4 rings (SSSR count). The van der Waals surface area contributed by atoms with E-state index in [0.29, 0.717) is 11.7 Å². The predicted molar refractivity (Wildman–Crippen MR) is 121 cm³/mol. The maximum atomic E-state index is 14.0. The molecule has 33 heavy (non-hydrogen) atoms. The third-order valence-electron chi connectivity index (χ3n) is 5.47. The summed E-state index contributed by atoms with van der Waals surface area (Å²) in [6.45, 7) is 4.28. The van der Waals surface area contributed by atoms with E-state index in [9.17, 15) is 18.0 Å². The quantitative estimate of drug-likeness (QED) is 0.393. The Labute approximate surface area is 194 Å². The number of halogens is 3. The first-order chi connectivity index (χ1) is 15.9. The molecule has 0 bridgehead atoms. The van der Waals surface area contributed by atoms with Gasteiger partial charge in [0.05, 0.1) is 17.5 Å². The minimum Gasteiger partial charge on any atom is -0.323 e. The average molecular weight is 476 g/mol. The van der Waals surface area contributed by atoms with Crippen LogP contribution in [0.5, 0.6) is 0 Å². The van der Waals surface area contributed by atoms with Crippen molar-refractivity contribution in [2.45, 2.75) is 43.1 Å². The molecule has 1 aromatic heterocycles. The molecule has 1 saturated heterocycles. The molecule has 6 nitrogen and oxygen atoms in total. The van der Waals surface area contributed by atoms with Crippen LogP contribution in [0.3, 0.4) is 0 Å². The standard InChI is InChI=1S/C23H24F3N5OS/c1-15(22(32)27-18-11-10-17(24)20(25)21(18)26)33-23-29-28-19(14-30-12-6-3-7-13-30)31(23)16-8-4-2-5-9-16/h2,4-5,8-11,15H,3,6-7,12-14H2,1H3,(H,27,32)/t15-/m0/s1.